The molecule has 1 aliphatic heterocycles. The third-order valence-corrected chi connectivity index (χ3v) is 2.04. The number of rotatable bonds is 3. The molecule has 1 saturated heterocycles. The third kappa shape index (κ3) is 5.24. The van der Waals surface area contributed by atoms with Gasteiger partial charge in [0, 0.05) is 25.7 Å². The maximum absolute atomic E-state index is 5.36. The molecule has 0 saturated carbocycles. The molecule has 1 unspecified atom stereocenters. The largest absolute Gasteiger partial charge is 0.378 e. The normalized spacial score (nSPS) is 24.7. The first kappa shape index (κ1) is 11.0. The third-order valence-electron chi connectivity index (χ3n) is 2.04. The van der Waals surface area contributed by atoms with E-state index in [9.17, 15) is 0 Å². The lowest BCUT2D eigenvalue weighted by atomic mass is 9.97. The number of nitrogens with one attached hydrogen (secondary N) is 2. The minimum absolute atomic E-state index is 0.371. The molecule has 1 fully saturated rings. The van der Waals surface area contributed by atoms with E-state index in [-0.39, 0.29) is 0 Å². The molecule has 0 aromatic heterocycles. The summed E-state index contributed by atoms with van der Waals surface area (Å²) in [4.78, 5) is 0. The van der Waals surface area contributed by atoms with E-state index in [1.54, 1.807) is 0 Å². The molecular formula is C10H22N2O. The Labute approximate surface area is 81.2 Å². The Kier molecular flexibility index (Phi) is 4.16. The van der Waals surface area contributed by atoms with Crippen molar-refractivity contribution in [1.29, 1.82) is 0 Å². The van der Waals surface area contributed by atoms with Gasteiger partial charge in [0.25, 0.3) is 0 Å². The Hall–Kier alpha value is -0.120. The summed E-state index contributed by atoms with van der Waals surface area (Å²) in [5.41, 5.74) is 0.371. The van der Waals surface area contributed by atoms with Gasteiger partial charge in [-0.25, -0.2) is 0 Å². The molecule has 0 aliphatic carbocycles. The van der Waals surface area contributed by atoms with E-state index < -0.39 is 0 Å². The van der Waals surface area contributed by atoms with Gasteiger partial charge >= 0.3 is 0 Å². The smallest absolute Gasteiger partial charge is 0.0632 e. The average Bonchev–Trinajstić information content (AvgIpc) is 2.04. The molecule has 13 heavy (non-hydrogen) atoms. The highest BCUT2D eigenvalue weighted by molar-refractivity contribution is 4.74. The fraction of sp³-hybridized carbons (Fsp3) is 1.00. The lowest BCUT2D eigenvalue weighted by Crippen LogP contribution is -2.48. The molecule has 0 radical (unpaired) electrons. The van der Waals surface area contributed by atoms with Crippen molar-refractivity contribution in [3.8, 4) is 0 Å². The van der Waals surface area contributed by atoms with Crippen LogP contribution in [0.1, 0.15) is 20.8 Å². The Balaban J connectivity index is 2.04. The number of ether oxygens (including phenoxy) is 1. The van der Waals surface area contributed by atoms with E-state index in [4.69, 9.17) is 4.74 Å². The first-order valence-corrected chi connectivity index (χ1v) is 5.10. The van der Waals surface area contributed by atoms with Crippen LogP contribution in [-0.2, 0) is 4.74 Å². The summed E-state index contributed by atoms with van der Waals surface area (Å²) in [6.07, 6.45) is 0. The van der Waals surface area contributed by atoms with Crippen LogP contribution in [0.15, 0.2) is 0 Å². The van der Waals surface area contributed by atoms with Gasteiger partial charge in [-0.2, -0.15) is 0 Å². The minimum atomic E-state index is 0.371. The van der Waals surface area contributed by atoms with Crippen molar-refractivity contribution in [2.45, 2.75) is 26.8 Å². The molecule has 0 spiro atoms. The van der Waals surface area contributed by atoms with Crippen LogP contribution in [0.2, 0.25) is 0 Å². The summed E-state index contributed by atoms with van der Waals surface area (Å²) >= 11 is 0. The fourth-order valence-electron chi connectivity index (χ4n) is 1.37. The van der Waals surface area contributed by atoms with E-state index in [2.05, 4.69) is 31.4 Å². The van der Waals surface area contributed by atoms with Crippen LogP contribution in [0.25, 0.3) is 0 Å². The zero-order valence-electron chi connectivity index (χ0n) is 9.02. The van der Waals surface area contributed by atoms with Crippen LogP contribution < -0.4 is 10.6 Å². The van der Waals surface area contributed by atoms with Gasteiger partial charge in [-0.3, -0.25) is 0 Å². The van der Waals surface area contributed by atoms with Crippen molar-refractivity contribution < 1.29 is 4.74 Å². The summed E-state index contributed by atoms with van der Waals surface area (Å²) in [6, 6.07) is 0.496. The van der Waals surface area contributed by atoms with Gasteiger partial charge in [0.15, 0.2) is 0 Å². The summed E-state index contributed by atoms with van der Waals surface area (Å²) < 4.78 is 5.36. The molecule has 1 rings (SSSR count). The van der Waals surface area contributed by atoms with Gasteiger partial charge in [-0.05, 0) is 5.41 Å². The topological polar surface area (TPSA) is 33.3 Å². The quantitative estimate of drug-likeness (QED) is 0.677. The van der Waals surface area contributed by atoms with Gasteiger partial charge in [0.05, 0.1) is 13.2 Å². The average molecular weight is 186 g/mol. The van der Waals surface area contributed by atoms with E-state index in [1.165, 1.54) is 0 Å². The number of hydrogen-bond donors (Lipinski definition) is 2. The molecule has 1 atom stereocenters. The molecule has 0 amide bonds. The predicted octanol–water partition coefficient (Wildman–Crippen LogP) is 0.611. The molecule has 0 bridgehead atoms. The highest BCUT2D eigenvalue weighted by atomic mass is 16.5. The maximum Gasteiger partial charge on any atom is 0.0632 e. The van der Waals surface area contributed by atoms with Crippen LogP contribution in [0.5, 0.6) is 0 Å². The van der Waals surface area contributed by atoms with Gasteiger partial charge < -0.3 is 15.4 Å². The minimum Gasteiger partial charge on any atom is -0.378 e. The van der Waals surface area contributed by atoms with Crippen molar-refractivity contribution in [3.63, 3.8) is 0 Å². The summed E-state index contributed by atoms with van der Waals surface area (Å²) in [6.45, 7) is 11.5. The molecule has 0 aromatic carbocycles. The van der Waals surface area contributed by atoms with E-state index >= 15 is 0 Å². The van der Waals surface area contributed by atoms with Crippen molar-refractivity contribution in [2.24, 2.45) is 5.41 Å². The van der Waals surface area contributed by atoms with E-state index in [0.717, 1.165) is 32.8 Å². The molecule has 1 heterocycles. The summed E-state index contributed by atoms with van der Waals surface area (Å²) in [5.74, 6) is 0. The van der Waals surface area contributed by atoms with E-state index in [1.807, 2.05) is 0 Å². The van der Waals surface area contributed by atoms with Crippen LogP contribution in [0, 0.1) is 5.41 Å². The molecule has 78 valence electrons. The molecule has 3 heteroatoms. The molecule has 3 nitrogen and oxygen atoms in total. The molecule has 0 aromatic rings. The highest BCUT2D eigenvalue weighted by Gasteiger charge is 2.14. The Morgan fingerprint density at radius 3 is 2.77 bits per heavy atom. The van der Waals surface area contributed by atoms with Crippen LogP contribution in [-0.4, -0.2) is 38.9 Å². The lowest BCUT2D eigenvalue weighted by molar-refractivity contribution is 0.0760. The maximum atomic E-state index is 5.36. The zero-order chi connectivity index (χ0) is 9.73. The van der Waals surface area contributed by atoms with Crippen LogP contribution in [0.4, 0.5) is 0 Å². The van der Waals surface area contributed by atoms with Gasteiger partial charge in [-0.15, -0.1) is 0 Å². The second kappa shape index (κ2) is 4.94. The molecule has 2 N–H and O–H groups in total. The number of morpholine rings is 1. The SMILES string of the molecule is CC(C)(C)CNCC1COCCN1. The van der Waals surface area contributed by atoms with Gasteiger partial charge in [-0.1, -0.05) is 20.8 Å². The monoisotopic (exact) mass is 186 g/mol. The Morgan fingerprint density at radius 2 is 2.23 bits per heavy atom. The summed E-state index contributed by atoms with van der Waals surface area (Å²) in [7, 11) is 0. The zero-order valence-corrected chi connectivity index (χ0v) is 9.02. The van der Waals surface area contributed by atoms with Crippen LogP contribution >= 0.6 is 0 Å². The van der Waals surface area contributed by atoms with Crippen molar-refractivity contribution >= 4 is 0 Å². The van der Waals surface area contributed by atoms with Crippen molar-refractivity contribution in [3.05, 3.63) is 0 Å². The first-order chi connectivity index (χ1) is 6.08. The molecular weight excluding hydrogens is 164 g/mol. The van der Waals surface area contributed by atoms with Gasteiger partial charge in [0.2, 0.25) is 0 Å². The van der Waals surface area contributed by atoms with E-state index in [0.29, 0.717) is 11.5 Å². The predicted molar refractivity (Wildman–Crippen MR) is 54.9 cm³/mol. The Morgan fingerprint density at radius 1 is 1.46 bits per heavy atom. The fourth-order valence-corrected chi connectivity index (χ4v) is 1.37. The second-order valence-corrected chi connectivity index (χ2v) is 4.92. The van der Waals surface area contributed by atoms with Crippen LogP contribution in [0.3, 0.4) is 0 Å². The standard InChI is InChI=1S/C10H22N2O/c1-10(2,3)8-11-6-9-7-13-5-4-12-9/h9,11-12H,4-8H2,1-3H3. The highest BCUT2D eigenvalue weighted by Crippen LogP contribution is 2.10. The first-order valence-electron chi connectivity index (χ1n) is 5.10. The van der Waals surface area contributed by atoms with Crippen molar-refractivity contribution in [2.75, 3.05) is 32.8 Å². The van der Waals surface area contributed by atoms with Crippen molar-refractivity contribution in [1.82, 2.24) is 10.6 Å². The second-order valence-electron chi connectivity index (χ2n) is 4.92. The summed E-state index contributed by atoms with van der Waals surface area (Å²) in [5, 5.41) is 6.87. The lowest BCUT2D eigenvalue weighted by Gasteiger charge is -2.26. The van der Waals surface area contributed by atoms with Gasteiger partial charge in [0.1, 0.15) is 0 Å². The Bertz CT molecular complexity index is 136. The number of hydrogen-bond acceptors (Lipinski definition) is 3. The molecule has 1 aliphatic rings.